The molecule has 0 aliphatic heterocycles. The highest BCUT2D eigenvalue weighted by Crippen LogP contribution is 2.36. The largest absolute Gasteiger partial charge is 0.493 e. The smallest absolute Gasteiger partial charge is 0.174 e. The molecule has 1 N–H and O–H groups in total. The van der Waals surface area contributed by atoms with E-state index in [1.165, 1.54) is 11.1 Å². The van der Waals surface area contributed by atoms with Crippen LogP contribution in [0, 0.1) is 13.8 Å². The first-order valence-corrected chi connectivity index (χ1v) is 7.56. The molecule has 0 fully saturated rings. The number of nitrogens with one attached hydrogen (secondary N) is 1. The van der Waals surface area contributed by atoms with Gasteiger partial charge in [0.15, 0.2) is 11.5 Å². The Balaban J connectivity index is 2.20. The van der Waals surface area contributed by atoms with Gasteiger partial charge in [-0.15, -0.1) is 0 Å². The van der Waals surface area contributed by atoms with E-state index in [1.807, 2.05) is 12.1 Å². The molecule has 0 atom stereocenters. The summed E-state index contributed by atoms with van der Waals surface area (Å²) in [6, 6.07) is 10.3. The standard InChI is InChI=1S/C17H20BrNO2/c1-11-6-5-7-15(12(11)2)19-10-13-8-14(18)17(21-4)16(9-13)20-3/h5-9,19H,10H2,1-4H3. The molecule has 0 saturated carbocycles. The number of hydrogen-bond acceptors (Lipinski definition) is 3. The van der Waals surface area contributed by atoms with E-state index in [4.69, 9.17) is 9.47 Å². The molecule has 0 radical (unpaired) electrons. The van der Waals surface area contributed by atoms with Crippen molar-refractivity contribution in [2.24, 2.45) is 0 Å². The van der Waals surface area contributed by atoms with Crippen LogP contribution in [-0.4, -0.2) is 14.2 Å². The quantitative estimate of drug-likeness (QED) is 0.848. The van der Waals surface area contributed by atoms with Gasteiger partial charge in [-0.05, 0) is 64.7 Å². The maximum Gasteiger partial charge on any atom is 0.174 e. The molecule has 4 heteroatoms. The Bertz CT molecular complexity index is 641. The van der Waals surface area contributed by atoms with Crippen LogP contribution in [0.2, 0.25) is 0 Å². The fourth-order valence-corrected chi connectivity index (χ4v) is 2.86. The van der Waals surface area contributed by atoms with Gasteiger partial charge in [-0.25, -0.2) is 0 Å². The molecule has 21 heavy (non-hydrogen) atoms. The molecule has 0 bridgehead atoms. The average Bonchev–Trinajstić information content (AvgIpc) is 2.48. The molecular formula is C17H20BrNO2. The maximum absolute atomic E-state index is 5.37. The van der Waals surface area contributed by atoms with E-state index in [-0.39, 0.29) is 0 Å². The van der Waals surface area contributed by atoms with Gasteiger partial charge in [0.2, 0.25) is 0 Å². The minimum atomic E-state index is 0.716. The van der Waals surface area contributed by atoms with Crippen LogP contribution >= 0.6 is 15.9 Å². The Morgan fingerprint density at radius 1 is 1.10 bits per heavy atom. The van der Waals surface area contributed by atoms with E-state index in [1.54, 1.807) is 14.2 Å². The summed E-state index contributed by atoms with van der Waals surface area (Å²) in [4.78, 5) is 0. The van der Waals surface area contributed by atoms with Crippen LogP contribution in [0.25, 0.3) is 0 Å². The van der Waals surface area contributed by atoms with Crippen LogP contribution in [0.1, 0.15) is 16.7 Å². The molecule has 0 saturated heterocycles. The van der Waals surface area contributed by atoms with Gasteiger partial charge in [0, 0.05) is 12.2 Å². The Morgan fingerprint density at radius 2 is 1.86 bits per heavy atom. The van der Waals surface area contributed by atoms with Crippen molar-refractivity contribution < 1.29 is 9.47 Å². The summed E-state index contributed by atoms with van der Waals surface area (Å²) in [5.74, 6) is 1.44. The minimum Gasteiger partial charge on any atom is -0.493 e. The molecule has 2 aromatic rings. The molecule has 2 aromatic carbocycles. The van der Waals surface area contributed by atoms with Gasteiger partial charge in [-0.1, -0.05) is 12.1 Å². The molecule has 0 heterocycles. The van der Waals surface area contributed by atoms with Crippen molar-refractivity contribution in [3.05, 3.63) is 51.5 Å². The van der Waals surface area contributed by atoms with E-state index in [0.717, 1.165) is 28.0 Å². The van der Waals surface area contributed by atoms with Crippen molar-refractivity contribution in [1.29, 1.82) is 0 Å². The van der Waals surface area contributed by atoms with Crippen molar-refractivity contribution in [2.45, 2.75) is 20.4 Å². The second-order valence-corrected chi connectivity index (χ2v) is 5.77. The van der Waals surface area contributed by atoms with Crippen molar-refractivity contribution in [3.8, 4) is 11.5 Å². The average molecular weight is 350 g/mol. The zero-order valence-electron chi connectivity index (χ0n) is 12.8. The van der Waals surface area contributed by atoms with Crippen LogP contribution in [0.3, 0.4) is 0 Å². The van der Waals surface area contributed by atoms with Crippen LogP contribution in [0.4, 0.5) is 5.69 Å². The summed E-state index contributed by atoms with van der Waals surface area (Å²) in [7, 11) is 3.28. The fraction of sp³-hybridized carbons (Fsp3) is 0.294. The number of ether oxygens (including phenoxy) is 2. The van der Waals surface area contributed by atoms with Crippen molar-refractivity contribution in [1.82, 2.24) is 0 Å². The third kappa shape index (κ3) is 3.50. The number of benzene rings is 2. The highest BCUT2D eigenvalue weighted by Gasteiger charge is 2.10. The number of methoxy groups -OCH3 is 2. The lowest BCUT2D eigenvalue weighted by molar-refractivity contribution is 0.352. The highest BCUT2D eigenvalue weighted by atomic mass is 79.9. The van der Waals surface area contributed by atoms with Crippen molar-refractivity contribution >= 4 is 21.6 Å². The van der Waals surface area contributed by atoms with Crippen LogP contribution in [0.15, 0.2) is 34.8 Å². The van der Waals surface area contributed by atoms with E-state index >= 15 is 0 Å². The van der Waals surface area contributed by atoms with Gasteiger partial charge >= 0.3 is 0 Å². The molecule has 0 amide bonds. The molecule has 0 unspecified atom stereocenters. The van der Waals surface area contributed by atoms with E-state index in [9.17, 15) is 0 Å². The fourth-order valence-electron chi connectivity index (χ4n) is 2.21. The third-order valence-corrected chi connectivity index (χ3v) is 4.17. The Morgan fingerprint density at radius 3 is 2.52 bits per heavy atom. The predicted molar refractivity (Wildman–Crippen MR) is 90.5 cm³/mol. The summed E-state index contributed by atoms with van der Waals surface area (Å²) in [5.41, 5.74) is 4.84. The monoisotopic (exact) mass is 349 g/mol. The Hall–Kier alpha value is -1.68. The van der Waals surface area contributed by atoms with Gasteiger partial charge in [0.1, 0.15) is 0 Å². The van der Waals surface area contributed by atoms with E-state index in [2.05, 4.69) is 53.3 Å². The van der Waals surface area contributed by atoms with Gasteiger partial charge in [0.05, 0.1) is 18.7 Å². The zero-order valence-corrected chi connectivity index (χ0v) is 14.4. The molecule has 0 aliphatic carbocycles. The predicted octanol–water partition coefficient (Wildman–Crippen LogP) is 4.70. The molecule has 0 aliphatic rings. The first-order valence-electron chi connectivity index (χ1n) is 6.77. The maximum atomic E-state index is 5.37. The molecular weight excluding hydrogens is 330 g/mol. The first-order chi connectivity index (χ1) is 10.1. The molecule has 0 spiro atoms. The van der Waals surface area contributed by atoms with Crippen molar-refractivity contribution in [3.63, 3.8) is 0 Å². The van der Waals surface area contributed by atoms with Crippen LogP contribution < -0.4 is 14.8 Å². The second-order valence-electron chi connectivity index (χ2n) is 4.91. The summed E-state index contributed by atoms with van der Waals surface area (Å²) in [6.07, 6.45) is 0. The number of rotatable bonds is 5. The lowest BCUT2D eigenvalue weighted by atomic mass is 10.1. The number of hydrogen-bond donors (Lipinski definition) is 1. The number of aryl methyl sites for hydroxylation is 1. The highest BCUT2D eigenvalue weighted by molar-refractivity contribution is 9.10. The zero-order chi connectivity index (χ0) is 15.4. The Kier molecular flexibility index (Phi) is 5.12. The molecule has 2 rings (SSSR count). The molecule has 3 nitrogen and oxygen atoms in total. The summed E-state index contributed by atoms with van der Waals surface area (Å²) in [6.45, 7) is 4.97. The van der Waals surface area contributed by atoms with E-state index in [0.29, 0.717) is 5.75 Å². The summed E-state index contributed by atoms with van der Waals surface area (Å²) < 4.78 is 11.6. The Labute approximate surface area is 134 Å². The van der Waals surface area contributed by atoms with Crippen LogP contribution in [0.5, 0.6) is 11.5 Å². The summed E-state index contributed by atoms with van der Waals surface area (Å²) >= 11 is 3.52. The SMILES string of the molecule is COc1cc(CNc2cccc(C)c2C)cc(Br)c1OC. The van der Waals surface area contributed by atoms with Gasteiger partial charge < -0.3 is 14.8 Å². The topological polar surface area (TPSA) is 30.5 Å². The summed E-state index contributed by atoms with van der Waals surface area (Å²) in [5, 5.41) is 3.47. The van der Waals surface area contributed by atoms with Crippen molar-refractivity contribution in [2.75, 3.05) is 19.5 Å². The lowest BCUT2D eigenvalue weighted by Gasteiger charge is -2.14. The van der Waals surface area contributed by atoms with E-state index < -0.39 is 0 Å². The first kappa shape index (κ1) is 15.7. The van der Waals surface area contributed by atoms with Gasteiger partial charge in [-0.2, -0.15) is 0 Å². The normalized spacial score (nSPS) is 10.3. The molecule has 0 aromatic heterocycles. The third-order valence-electron chi connectivity index (χ3n) is 3.58. The van der Waals surface area contributed by atoms with Gasteiger partial charge in [0.25, 0.3) is 0 Å². The minimum absolute atomic E-state index is 0.716. The lowest BCUT2D eigenvalue weighted by Crippen LogP contribution is -2.03. The molecule has 112 valence electrons. The second kappa shape index (κ2) is 6.85. The van der Waals surface area contributed by atoms with Gasteiger partial charge in [-0.3, -0.25) is 0 Å². The number of halogens is 1. The number of anilines is 1. The van der Waals surface area contributed by atoms with Crippen LogP contribution in [-0.2, 0) is 6.54 Å².